The molecule has 0 aliphatic carbocycles. The lowest BCUT2D eigenvalue weighted by atomic mass is 10.2. The number of benzene rings is 1. The van der Waals surface area contributed by atoms with Crippen LogP contribution >= 0.6 is 0 Å². The molecule has 1 aromatic rings. The molecular formula is C10H12F3NO. The predicted molar refractivity (Wildman–Crippen MR) is 51.7 cm³/mol. The van der Waals surface area contributed by atoms with Gasteiger partial charge in [0.25, 0.3) is 0 Å². The summed E-state index contributed by atoms with van der Waals surface area (Å²) < 4.78 is 35.8. The normalized spacial score (nSPS) is 13.7. The van der Waals surface area contributed by atoms with E-state index in [1.165, 1.54) is 0 Å². The minimum Gasteiger partial charge on any atom is -0.382 e. The van der Waals surface area contributed by atoms with Crippen LogP contribution in [-0.4, -0.2) is 23.9 Å². The Bertz CT molecular complexity index is 325. The van der Waals surface area contributed by atoms with Crippen LogP contribution in [0.2, 0.25) is 0 Å². The Kier molecular flexibility index (Phi) is 3.57. The number of hydrogen-bond donors (Lipinski definition) is 2. The fourth-order valence-electron chi connectivity index (χ4n) is 1.09. The van der Waals surface area contributed by atoms with Crippen LogP contribution in [0.25, 0.3) is 0 Å². The zero-order chi connectivity index (χ0) is 11.5. The maximum absolute atomic E-state index is 11.9. The number of rotatable bonds is 3. The molecule has 1 rings (SSSR count). The van der Waals surface area contributed by atoms with Gasteiger partial charge in [0, 0.05) is 12.2 Å². The molecule has 0 saturated carbocycles. The third kappa shape index (κ3) is 3.79. The first-order chi connectivity index (χ1) is 6.89. The first-order valence-corrected chi connectivity index (χ1v) is 4.45. The van der Waals surface area contributed by atoms with Gasteiger partial charge in [-0.25, -0.2) is 0 Å². The van der Waals surface area contributed by atoms with Crippen molar-refractivity contribution in [2.75, 3.05) is 11.9 Å². The summed E-state index contributed by atoms with van der Waals surface area (Å²) in [7, 11) is 0. The number of hydrogen-bond acceptors (Lipinski definition) is 2. The largest absolute Gasteiger partial charge is 0.416 e. The lowest BCUT2D eigenvalue weighted by Crippen LogP contribution is -2.34. The molecule has 0 aromatic heterocycles. The topological polar surface area (TPSA) is 32.3 Å². The average Bonchev–Trinajstić information content (AvgIpc) is 2.12. The monoisotopic (exact) mass is 219 g/mol. The van der Waals surface area contributed by atoms with Crippen molar-refractivity contribution in [2.24, 2.45) is 0 Å². The van der Waals surface area contributed by atoms with Crippen molar-refractivity contribution in [2.45, 2.75) is 19.2 Å². The van der Waals surface area contributed by atoms with Crippen LogP contribution in [0.15, 0.2) is 24.3 Å². The van der Waals surface area contributed by atoms with Crippen molar-refractivity contribution in [1.82, 2.24) is 0 Å². The van der Waals surface area contributed by atoms with Crippen molar-refractivity contribution in [3.8, 4) is 0 Å². The van der Waals surface area contributed by atoms with Gasteiger partial charge in [-0.2, -0.15) is 13.2 Å². The number of aliphatic hydroxyl groups is 1. The molecule has 1 atom stereocenters. The van der Waals surface area contributed by atoms with Gasteiger partial charge in [-0.3, -0.25) is 0 Å². The number of halogens is 3. The van der Waals surface area contributed by atoms with E-state index in [4.69, 9.17) is 5.11 Å². The summed E-state index contributed by atoms with van der Waals surface area (Å²) in [6.45, 7) is 1.30. The summed E-state index contributed by atoms with van der Waals surface area (Å²) in [5, 5.41) is 11.3. The van der Waals surface area contributed by atoms with Crippen molar-refractivity contribution in [1.29, 1.82) is 0 Å². The van der Waals surface area contributed by atoms with E-state index < -0.39 is 18.8 Å². The Morgan fingerprint density at radius 1 is 1.40 bits per heavy atom. The third-order valence-electron chi connectivity index (χ3n) is 1.90. The molecule has 2 nitrogen and oxygen atoms in total. The molecule has 0 aliphatic rings. The molecule has 2 N–H and O–H groups in total. The molecule has 84 valence electrons. The second-order valence-corrected chi connectivity index (χ2v) is 3.31. The fraction of sp³-hybridized carbons (Fsp3) is 0.400. The van der Waals surface area contributed by atoms with E-state index in [-0.39, 0.29) is 0 Å². The molecule has 0 spiro atoms. The van der Waals surface area contributed by atoms with Gasteiger partial charge in [0.1, 0.15) is 0 Å². The second kappa shape index (κ2) is 4.53. The number of nitrogens with one attached hydrogen (secondary N) is 1. The average molecular weight is 219 g/mol. The number of aliphatic hydroxyl groups excluding tert-OH is 1. The van der Waals surface area contributed by atoms with Gasteiger partial charge in [-0.1, -0.05) is 12.1 Å². The summed E-state index contributed by atoms with van der Waals surface area (Å²) in [6, 6.07) is 6.93. The summed E-state index contributed by atoms with van der Waals surface area (Å²) in [5.74, 6) is 0. The maximum Gasteiger partial charge on any atom is 0.416 e. The maximum atomic E-state index is 11.9. The summed E-state index contributed by atoms with van der Waals surface area (Å²) in [6.07, 6.45) is -6.91. The van der Waals surface area contributed by atoms with Gasteiger partial charge in [0.05, 0.1) is 0 Å². The van der Waals surface area contributed by atoms with Crippen molar-refractivity contribution in [3.63, 3.8) is 0 Å². The summed E-state index contributed by atoms with van der Waals surface area (Å²) >= 11 is 0. The number of aryl methyl sites for hydroxylation is 1. The van der Waals surface area contributed by atoms with Gasteiger partial charge in [-0.05, 0) is 24.6 Å². The van der Waals surface area contributed by atoms with E-state index in [2.05, 4.69) is 5.32 Å². The Balaban J connectivity index is 2.51. The van der Waals surface area contributed by atoms with E-state index in [1.54, 1.807) is 18.2 Å². The van der Waals surface area contributed by atoms with E-state index in [1.807, 2.05) is 13.0 Å². The fourth-order valence-corrected chi connectivity index (χ4v) is 1.09. The summed E-state index contributed by atoms with van der Waals surface area (Å²) in [5.41, 5.74) is 1.51. The first kappa shape index (κ1) is 11.8. The zero-order valence-electron chi connectivity index (χ0n) is 8.17. The zero-order valence-corrected chi connectivity index (χ0v) is 8.17. The molecular weight excluding hydrogens is 207 g/mol. The molecule has 0 aliphatic heterocycles. The van der Waals surface area contributed by atoms with Crippen LogP contribution in [0.1, 0.15) is 5.56 Å². The molecule has 1 unspecified atom stereocenters. The molecule has 15 heavy (non-hydrogen) atoms. The second-order valence-electron chi connectivity index (χ2n) is 3.31. The third-order valence-corrected chi connectivity index (χ3v) is 1.90. The van der Waals surface area contributed by atoms with Gasteiger partial charge in [0.15, 0.2) is 6.10 Å². The predicted octanol–water partition coefficient (Wildman–Crippen LogP) is 2.33. The van der Waals surface area contributed by atoms with Gasteiger partial charge >= 0.3 is 6.18 Å². The van der Waals surface area contributed by atoms with Crippen LogP contribution in [0.4, 0.5) is 18.9 Å². The number of anilines is 1. The quantitative estimate of drug-likeness (QED) is 0.817. The highest BCUT2D eigenvalue weighted by molar-refractivity contribution is 5.45. The molecule has 0 saturated heterocycles. The Labute approximate surface area is 85.7 Å². The number of alkyl halides is 3. The van der Waals surface area contributed by atoms with Crippen LogP contribution in [0.5, 0.6) is 0 Å². The minimum atomic E-state index is -4.57. The lowest BCUT2D eigenvalue weighted by Gasteiger charge is -2.15. The van der Waals surface area contributed by atoms with Gasteiger partial charge in [-0.15, -0.1) is 0 Å². The highest BCUT2D eigenvalue weighted by atomic mass is 19.4. The van der Waals surface area contributed by atoms with E-state index in [0.29, 0.717) is 5.69 Å². The van der Waals surface area contributed by atoms with Crippen molar-refractivity contribution in [3.05, 3.63) is 29.8 Å². The van der Waals surface area contributed by atoms with Gasteiger partial charge < -0.3 is 10.4 Å². The van der Waals surface area contributed by atoms with Gasteiger partial charge in [0.2, 0.25) is 0 Å². The van der Waals surface area contributed by atoms with Crippen LogP contribution < -0.4 is 5.32 Å². The van der Waals surface area contributed by atoms with Crippen molar-refractivity contribution < 1.29 is 18.3 Å². The molecule has 0 radical (unpaired) electrons. The van der Waals surface area contributed by atoms with E-state index in [9.17, 15) is 13.2 Å². The standard InChI is InChI=1S/C10H12F3NO/c1-7-3-2-4-8(5-7)14-6-9(15)10(11,12)13/h2-5,9,14-15H,6H2,1H3. The van der Waals surface area contributed by atoms with Crippen LogP contribution in [-0.2, 0) is 0 Å². The summed E-state index contributed by atoms with van der Waals surface area (Å²) in [4.78, 5) is 0. The highest BCUT2D eigenvalue weighted by Gasteiger charge is 2.37. The minimum absolute atomic E-state index is 0.535. The first-order valence-electron chi connectivity index (χ1n) is 4.45. The van der Waals surface area contributed by atoms with Crippen molar-refractivity contribution >= 4 is 5.69 Å². The Morgan fingerprint density at radius 3 is 2.60 bits per heavy atom. The molecule has 1 aromatic carbocycles. The SMILES string of the molecule is Cc1cccc(NCC(O)C(F)(F)F)c1. The van der Waals surface area contributed by atoms with E-state index in [0.717, 1.165) is 5.56 Å². The Morgan fingerprint density at radius 2 is 2.07 bits per heavy atom. The molecule has 5 heteroatoms. The van der Waals surface area contributed by atoms with Crippen LogP contribution in [0, 0.1) is 6.92 Å². The van der Waals surface area contributed by atoms with E-state index >= 15 is 0 Å². The molecule has 0 bridgehead atoms. The highest BCUT2D eigenvalue weighted by Crippen LogP contribution is 2.20. The molecule has 0 amide bonds. The molecule has 0 heterocycles. The van der Waals surface area contributed by atoms with Crippen LogP contribution in [0.3, 0.4) is 0 Å². The smallest absolute Gasteiger partial charge is 0.382 e. The molecule has 0 fully saturated rings. The lowest BCUT2D eigenvalue weighted by molar-refractivity contribution is -0.198. The Hall–Kier alpha value is -1.23.